The molecule has 0 radical (unpaired) electrons. The van der Waals surface area contributed by atoms with E-state index in [1.54, 1.807) is 6.08 Å². The van der Waals surface area contributed by atoms with Crippen LogP contribution in [0.4, 0.5) is 0 Å². The van der Waals surface area contributed by atoms with E-state index in [9.17, 15) is 0 Å². The van der Waals surface area contributed by atoms with Gasteiger partial charge in [0, 0.05) is 0 Å². The summed E-state index contributed by atoms with van der Waals surface area (Å²) in [6.45, 7) is 11.5. The Morgan fingerprint density at radius 3 is 1.68 bits per heavy atom. The molecule has 0 bridgehead atoms. The van der Waals surface area contributed by atoms with E-state index in [4.69, 9.17) is 0 Å². The molecule has 0 aliphatic heterocycles. The summed E-state index contributed by atoms with van der Waals surface area (Å²) in [6, 6.07) is 0. The van der Waals surface area contributed by atoms with Crippen LogP contribution in [-0.2, 0) is 0 Å². The molecule has 2 aliphatic carbocycles. The van der Waals surface area contributed by atoms with Gasteiger partial charge in [0.05, 0.1) is 0 Å². The van der Waals surface area contributed by atoms with Crippen LogP contribution in [-0.4, -0.2) is 0 Å². The van der Waals surface area contributed by atoms with Crippen molar-refractivity contribution in [1.82, 2.24) is 0 Å². The average Bonchev–Trinajstić information content (AvgIpc) is 2.42. The van der Waals surface area contributed by atoms with Crippen molar-refractivity contribution >= 4 is 0 Å². The summed E-state index contributed by atoms with van der Waals surface area (Å²) < 4.78 is 0. The maximum Gasteiger partial charge on any atom is -0.0325 e. The molecule has 0 aromatic heterocycles. The Balaban J connectivity index is 0.000000550. The number of allylic oxidation sites excluding steroid dienone is 2. The van der Waals surface area contributed by atoms with Crippen LogP contribution in [0.25, 0.3) is 0 Å². The van der Waals surface area contributed by atoms with Crippen molar-refractivity contribution in [2.45, 2.75) is 71.6 Å². The summed E-state index contributed by atoms with van der Waals surface area (Å²) in [5, 5.41) is 0. The lowest BCUT2D eigenvalue weighted by molar-refractivity contribution is 0.151. The Hall–Kier alpha value is -0.520. The highest BCUT2D eigenvalue weighted by molar-refractivity contribution is 4.83. The summed E-state index contributed by atoms with van der Waals surface area (Å²) in [4.78, 5) is 0. The quantitative estimate of drug-likeness (QED) is 0.517. The first-order valence-corrected chi connectivity index (χ1v) is 8.39. The van der Waals surface area contributed by atoms with E-state index >= 15 is 0 Å². The molecule has 0 aromatic rings. The molecule has 110 valence electrons. The van der Waals surface area contributed by atoms with Gasteiger partial charge in [0.2, 0.25) is 0 Å². The lowest BCUT2D eigenvalue weighted by Gasteiger charge is -2.37. The van der Waals surface area contributed by atoms with Gasteiger partial charge in [-0.3, -0.25) is 0 Å². The van der Waals surface area contributed by atoms with Crippen LogP contribution in [0.5, 0.6) is 0 Å². The molecule has 0 nitrogen and oxygen atoms in total. The molecule has 0 atom stereocenters. The topological polar surface area (TPSA) is 0 Å². The van der Waals surface area contributed by atoms with Gasteiger partial charge in [-0.25, -0.2) is 0 Å². The van der Waals surface area contributed by atoms with Crippen LogP contribution >= 0.6 is 0 Å². The minimum absolute atomic E-state index is 0.969. The van der Waals surface area contributed by atoms with E-state index in [-0.39, 0.29) is 0 Å². The van der Waals surface area contributed by atoms with Crippen LogP contribution in [0.1, 0.15) is 71.6 Å². The lowest BCUT2D eigenvalue weighted by atomic mass is 9.69. The zero-order valence-electron chi connectivity index (χ0n) is 13.2. The van der Waals surface area contributed by atoms with Crippen molar-refractivity contribution in [3.8, 4) is 0 Å². The lowest BCUT2D eigenvalue weighted by Crippen LogP contribution is -2.25. The standard InChI is InChI=1S/C16H28.C3H6/c1-3-4-14-7-11-16(12-8-14)15-9-5-13(2)6-10-15;1-3-2/h3,13-16H,1,4-12H2,2H3;3H,1H2,2H3. The molecule has 0 amide bonds. The van der Waals surface area contributed by atoms with Gasteiger partial charge in [-0.2, -0.15) is 0 Å². The Labute approximate surface area is 121 Å². The number of rotatable bonds is 3. The molecule has 2 aliphatic rings. The van der Waals surface area contributed by atoms with Gasteiger partial charge in [0.25, 0.3) is 0 Å². The zero-order chi connectivity index (χ0) is 14.1. The molecule has 0 saturated heterocycles. The van der Waals surface area contributed by atoms with Gasteiger partial charge in [-0.05, 0) is 75.5 Å². The first kappa shape index (κ1) is 16.5. The molecule has 2 fully saturated rings. The fourth-order valence-corrected chi connectivity index (χ4v) is 3.89. The largest absolute Gasteiger partial charge is 0.103 e. The molecule has 0 aromatic carbocycles. The minimum Gasteiger partial charge on any atom is -0.103 e. The SMILES string of the molecule is C=CC.C=CCC1CCC(C2CCC(C)CC2)CC1. The third-order valence-corrected chi connectivity index (χ3v) is 5.12. The second-order valence-electron chi connectivity index (χ2n) is 6.73. The van der Waals surface area contributed by atoms with Gasteiger partial charge in [-0.15, -0.1) is 13.2 Å². The van der Waals surface area contributed by atoms with Crippen molar-refractivity contribution < 1.29 is 0 Å². The van der Waals surface area contributed by atoms with Crippen LogP contribution < -0.4 is 0 Å². The summed E-state index contributed by atoms with van der Waals surface area (Å²) in [6.07, 6.45) is 17.1. The third-order valence-electron chi connectivity index (χ3n) is 5.12. The first-order chi connectivity index (χ1) is 9.21. The van der Waals surface area contributed by atoms with E-state index in [0.29, 0.717) is 0 Å². The second-order valence-corrected chi connectivity index (χ2v) is 6.73. The Morgan fingerprint density at radius 2 is 1.26 bits per heavy atom. The highest BCUT2D eigenvalue weighted by Gasteiger charge is 2.29. The second kappa shape index (κ2) is 9.39. The molecule has 0 N–H and O–H groups in total. The van der Waals surface area contributed by atoms with Crippen molar-refractivity contribution in [1.29, 1.82) is 0 Å². The Morgan fingerprint density at radius 1 is 0.842 bits per heavy atom. The van der Waals surface area contributed by atoms with Gasteiger partial charge in [0.15, 0.2) is 0 Å². The van der Waals surface area contributed by atoms with Crippen LogP contribution in [0.2, 0.25) is 0 Å². The van der Waals surface area contributed by atoms with E-state index in [1.807, 2.05) is 6.92 Å². The minimum atomic E-state index is 0.969. The van der Waals surface area contributed by atoms with Crippen molar-refractivity contribution in [2.75, 3.05) is 0 Å². The number of hydrogen-bond acceptors (Lipinski definition) is 0. The van der Waals surface area contributed by atoms with Crippen molar-refractivity contribution in [3.63, 3.8) is 0 Å². The summed E-state index contributed by atoms with van der Waals surface area (Å²) in [7, 11) is 0. The average molecular weight is 262 g/mol. The highest BCUT2D eigenvalue weighted by Crippen LogP contribution is 2.41. The molecule has 0 spiro atoms. The Bertz CT molecular complexity index is 237. The molecule has 0 heteroatoms. The molecule has 19 heavy (non-hydrogen) atoms. The maximum atomic E-state index is 3.87. The van der Waals surface area contributed by atoms with Gasteiger partial charge in [0.1, 0.15) is 0 Å². The van der Waals surface area contributed by atoms with E-state index in [1.165, 1.54) is 57.8 Å². The van der Waals surface area contributed by atoms with Gasteiger partial charge < -0.3 is 0 Å². The van der Waals surface area contributed by atoms with Gasteiger partial charge >= 0.3 is 0 Å². The normalized spacial score (nSPS) is 34.8. The summed E-state index contributed by atoms with van der Waals surface area (Å²) in [5.41, 5.74) is 0. The molecule has 0 unspecified atom stereocenters. The Kier molecular flexibility index (Phi) is 8.18. The van der Waals surface area contributed by atoms with E-state index < -0.39 is 0 Å². The van der Waals surface area contributed by atoms with Crippen molar-refractivity contribution in [2.24, 2.45) is 23.7 Å². The van der Waals surface area contributed by atoms with Crippen molar-refractivity contribution in [3.05, 3.63) is 25.3 Å². The summed E-state index contributed by atoms with van der Waals surface area (Å²) in [5.74, 6) is 4.14. The fraction of sp³-hybridized carbons (Fsp3) is 0.789. The van der Waals surface area contributed by atoms with Crippen LogP contribution in [0.15, 0.2) is 25.3 Å². The number of hydrogen-bond donors (Lipinski definition) is 0. The maximum absolute atomic E-state index is 3.87. The predicted molar refractivity (Wildman–Crippen MR) is 87.3 cm³/mol. The molecular weight excluding hydrogens is 228 g/mol. The zero-order valence-corrected chi connectivity index (χ0v) is 13.2. The molecule has 2 rings (SSSR count). The first-order valence-electron chi connectivity index (χ1n) is 8.39. The third kappa shape index (κ3) is 5.97. The molecule has 2 saturated carbocycles. The monoisotopic (exact) mass is 262 g/mol. The van der Waals surface area contributed by atoms with Crippen LogP contribution in [0.3, 0.4) is 0 Å². The predicted octanol–water partition coefficient (Wildman–Crippen LogP) is 6.39. The van der Waals surface area contributed by atoms with Gasteiger partial charge in [-0.1, -0.05) is 31.9 Å². The van der Waals surface area contributed by atoms with E-state index in [2.05, 4.69) is 26.2 Å². The molecular formula is C19H34. The smallest absolute Gasteiger partial charge is 0.0325 e. The molecule has 0 heterocycles. The van der Waals surface area contributed by atoms with E-state index in [0.717, 1.165) is 23.7 Å². The fourth-order valence-electron chi connectivity index (χ4n) is 3.89. The summed E-state index contributed by atoms with van der Waals surface area (Å²) >= 11 is 0. The van der Waals surface area contributed by atoms with Crippen LogP contribution in [0, 0.1) is 23.7 Å². The highest BCUT2D eigenvalue weighted by atomic mass is 14.3.